The second-order valence-corrected chi connectivity index (χ2v) is 8.83. The number of likely N-dealkylation sites (tertiary alicyclic amines) is 1. The van der Waals surface area contributed by atoms with Gasteiger partial charge in [0.25, 0.3) is 0 Å². The summed E-state index contributed by atoms with van der Waals surface area (Å²) in [6.07, 6.45) is 8.84. The molecule has 0 spiro atoms. The van der Waals surface area contributed by atoms with Gasteiger partial charge in [0.2, 0.25) is 5.91 Å². The van der Waals surface area contributed by atoms with Crippen molar-refractivity contribution in [3.63, 3.8) is 0 Å². The lowest BCUT2D eigenvalue weighted by Gasteiger charge is -2.33. The summed E-state index contributed by atoms with van der Waals surface area (Å²) in [5.74, 6) is 2.20. The quantitative estimate of drug-likeness (QED) is 0.807. The van der Waals surface area contributed by atoms with E-state index in [-0.39, 0.29) is 11.9 Å². The van der Waals surface area contributed by atoms with Gasteiger partial charge in [-0.05, 0) is 49.3 Å². The van der Waals surface area contributed by atoms with Gasteiger partial charge >= 0.3 is 0 Å². The first-order chi connectivity index (χ1) is 13.7. The van der Waals surface area contributed by atoms with E-state index < -0.39 is 0 Å². The highest BCUT2D eigenvalue weighted by atomic mass is 35.5. The molecule has 1 saturated heterocycles. The Morgan fingerprint density at radius 1 is 1.07 bits per heavy atom. The summed E-state index contributed by atoms with van der Waals surface area (Å²) >= 11 is 6.34. The number of carbonyl (C=O) groups is 1. The molecule has 6 heteroatoms. The molecule has 1 N–H and O–H groups in total. The Balaban J connectivity index is 1.26. The fourth-order valence-corrected chi connectivity index (χ4v) is 4.96. The van der Waals surface area contributed by atoms with Gasteiger partial charge < -0.3 is 19.7 Å². The predicted octanol–water partition coefficient (Wildman–Crippen LogP) is 3.81. The molecule has 2 fully saturated rings. The van der Waals surface area contributed by atoms with Crippen LogP contribution in [0.4, 0.5) is 0 Å². The molecule has 0 radical (unpaired) electrons. The minimum absolute atomic E-state index is 0.0554. The van der Waals surface area contributed by atoms with Crippen LogP contribution in [0.1, 0.15) is 50.5 Å². The fourth-order valence-electron chi connectivity index (χ4n) is 4.67. The van der Waals surface area contributed by atoms with Gasteiger partial charge in [-0.25, -0.2) is 0 Å². The molecule has 4 rings (SSSR count). The SMILES string of the molecule is O=C(Cc1cc(Cl)c2c(c1)OCCCO2)NC1CCN(CC2CCCC2)CC1. The standard InChI is InChI=1S/C22H31ClN2O3/c23-19-12-17(13-20-22(19)28-11-3-10-27-20)14-21(26)24-18-6-8-25(9-7-18)15-16-4-1-2-5-16/h12-13,16,18H,1-11,14-15H2,(H,24,26). The number of ether oxygens (including phenoxy) is 2. The highest BCUT2D eigenvalue weighted by Gasteiger charge is 2.24. The Labute approximate surface area is 172 Å². The Bertz CT molecular complexity index is 683. The number of amides is 1. The number of rotatable bonds is 5. The maximum Gasteiger partial charge on any atom is 0.224 e. The summed E-state index contributed by atoms with van der Waals surface area (Å²) in [4.78, 5) is 15.1. The Hall–Kier alpha value is -1.46. The molecule has 3 aliphatic rings. The molecule has 1 aromatic carbocycles. The molecule has 1 aliphatic carbocycles. The molecule has 1 saturated carbocycles. The Morgan fingerprint density at radius 3 is 2.61 bits per heavy atom. The van der Waals surface area contributed by atoms with Gasteiger partial charge in [0.15, 0.2) is 11.5 Å². The number of carbonyl (C=O) groups excluding carboxylic acids is 1. The third-order valence-electron chi connectivity index (χ3n) is 6.17. The molecule has 28 heavy (non-hydrogen) atoms. The second kappa shape index (κ2) is 9.36. The van der Waals surface area contributed by atoms with Crippen LogP contribution in [0, 0.1) is 5.92 Å². The summed E-state index contributed by atoms with van der Waals surface area (Å²) in [6.45, 7) is 4.65. The zero-order valence-electron chi connectivity index (χ0n) is 16.6. The topological polar surface area (TPSA) is 50.8 Å². The van der Waals surface area contributed by atoms with Crippen molar-refractivity contribution in [2.45, 2.75) is 57.4 Å². The van der Waals surface area contributed by atoms with Gasteiger partial charge in [-0.1, -0.05) is 24.4 Å². The van der Waals surface area contributed by atoms with E-state index >= 15 is 0 Å². The van der Waals surface area contributed by atoms with E-state index in [0.29, 0.717) is 36.2 Å². The third kappa shape index (κ3) is 5.12. The number of nitrogens with zero attached hydrogens (tertiary/aromatic N) is 1. The van der Waals surface area contributed by atoms with Gasteiger partial charge in [-0.2, -0.15) is 0 Å². The Morgan fingerprint density at radius 2 is 1.82 bits per heavy atom. The van der Waals surface area contributed by atoms with Crippen molar-refractivity contribution in [2.75, 3.05) is 32.8 Å². The van der Waals surface area contributed by atoms with Gasteiger partial charge in [-0.15, -0.1) is 0 Å². The van der Waals surface area contributed by atoms with Crippen molar-refractivity contribution >= 4 is 17.5 Å². The number of hydrogen-bond donors (Lipinski definition) is 1. The predicted molar refractivity (Wildman–Crippen MR) is 110 cm³/mol. The molecule has 2 aliphatic heterocycles. The molecule has 0 bridgehead atoms. The highest BCUT2D eigenvalue weighted by Crippen LogP contribution is 2.38. The molecule has 2 heterocycles. The van der Waals surface area contributed by atoms with Gasteiger partial charge in [0.05, 0.1) is 24.7 Å². The van der Waals surface area contributed by atoms with E-state index in [0.717, 1.165) is 43.8 Å². The van der Waals surface area contributed by atoms with Crippen LogP contribution in [-0.4, -0.2) is 49.7 Å². The van der Waals surface area contributed by atoms with Gasteiger partial charge in [-0.3, -0.25) is 4.79 Å². The fraction of sp³-hybridized carbons (Fsp3) is 0.682. The van der Waals surface area contributed by atoms with Crippen LogP contribution in [0.25, 0.3) is 0 Å². The molecule has 0 aromatic heterocycles. The minimum Gasteiger partial charge on any atom is -0.489 e. The van der Waals surface area contributed by atoms with Crippen molar-refractivity contribution in [3.8, 4) is 11.5 Å². The van der Waals surface area contributed by atoms with Crippen LogP contribution in [-0.2, 0) is 11.2 Å². The van der Waals surface area contributed by atoms with Crippen molar-refractivity contribution in [1.82, 2.24) is 10.2 Å². The zero-order valence-corrected chi connectivity index (χ0v) is 17.3. The average Bonchev–Trinajstić information content (AvgIpc) is 3.06. The second-order valence-electron chi connectivity index (χ2n) is 8.43. The van der Waals surface area contributed by atoms with Crippen LogP contribution in [0.15, 0.2) is 12.1 Å². The van der Waals surface area contributed by atoms with Crippen molar-refractivity contribution in [2.24, 2.45) is 5.92 Å². The number of fused-ring (bicyclic) bond motifs is 1. The third-order valence-corrected chi connectivity index (χ3v) is 6.45. The Kier molecular flexibility index (Phi) is 6.63. The van der Waals surface area contributed by atoms with E-state index in [1.54, 1.807) is 0 Å². The first-order valence-electron chi connectivity index (χ1n) is 10.8. The monoisotopic (exact) mass is 406 g/mol. The number of benzene rings is 1. The molecule has 5 nitrogen and oxygen atoms in total. The largest absolute Gasteiger partial charge is 0.489 e. The van der Waals surface area contributed by atoms with Crippen molar-refractivity contribution < 1.29 is 14.3 Å². The van der Waals surface area contributed by atoms with Gasteiger partial charge in [0.1, 0.15) is 0 Å². The summed E-state index contributed by atoms with van der Waals surface area (Å²) in [5, 5.41) is 3.73. The molecule has 0 atom stereocenters. The van der Waals surface area contributed by atoms with E-state index in [1.807, 2.05) is 12.1 Å². The molecular weight excluding hydrogens is 376 g/mol. The molecule has 1 amide bonds. The molecule has 0 unspecified atom stereocenters. The van der Waals surface area contributed by atoms with Crippen molar-refractivity contribution in [1.29, 1.82) is 0 Å². The van der Waals surface area contributed by atoms with Crippen LogP contribution in [0.5, 0.6) is 11.5 Å². The van der Waals surface area contributed by atoms with E-state index in [1.165, 1.54) is 32.2 Å². The van der Waals surface area contributed by atoms with E-state index in [4.69, 9.17) is 21.1 Å². The first-order valence-corrected chi connectivity index (χ1v) is 11.1. The summed E-state index contributed by atoms with van der Waals surface area (Å²) in [6, 6.07) is 3.98. The lowest BCUT2D eigenvalue weighted by Crippen LogP contribution is -2.46. The number of piperidine rings is 1. The normalized spacial score (nSPS) is 21.5. The smallest absolute Gasteiger partial charge is 0.224 e. The van der Waals surface area contributed by atoms with Crippen molar-refractivity contribution in [3.05, 3.63) is 22.7 Å². The van der Waals surface area contributed by atoms with Crippen LogP contribution in [0.3, 0.4) is 0 Å². The van der Waals surface area contributed by atoms with E-state index in [9.17, 15) is 4.79 Å². The molecule has 154 valence electrons. The number of halogens is 1. The molecular formula is C22H31ClN2O3. The minimum atomic E-state index is 0.0554. The lowest BCUT2D eigenvalue weighted by molar-refractivity contribution is -0.121. The first kappa shape index (κ1) is 19.8. The number of hydrogen-bond acceptors (Lipinski definition) is 4. The summed E-state index contributed by atoms with van der Waals surface area (Å²) in [7, 11) is 0. The highest BCUT2D eigenvalue weighted by molar-refractivity contribution is 6.32. The average molecular weight is 407 g/mol. The number of nitrogens with one attached hydrogen (secondary N) is 1. The zero-order chi connectivity index (χ0) is 19.3. The maximum atomic E-state index is 12.5. The van der Waals surface area contributed by atoms with Crippen LogP contribution in [0.2, 0.25) is 5.02 Å². The summed E-state index contributed by atoms with van der Waals surface area (Å²) in [5.41, 5.74) is 0.866. The van der Waals surface area contributed by atoms with E-state index in [2.05, 4.69) is 10.2 Å². The lowest BCUT2D eigenvalue weighted by atomic mass is 10.0. The maximum absolute atomic E-state index is 12.5. The van der Waals surface area contributed by atoms with Gasteiger partial charge in [0, 0.05) is 32.1 Å². The summed E-state index contributed by atoms with van der Waals surface area (Å²) < 4.78 is 11.4. The molecule has 1 aromatic rings. The van der Waals surface area contributed by atoms with Crippen LogP contribution >= 0.6 is 11.6 Å². The van der Waals surface area contributed by atoms with Crippen LogP contribution < -0.4 is 14.8 Å².